The molecule has 1 N–H and O–H groups in total. The lowest BCUT2D eigenvalue weighted by Crippen LogP contribution is -2.34. The van der Waals surface area contributed by atoms with Gasteiger partial charge in [-0.2, -0.15) is 4.99 Å². The van der Waals surface area contributed by atoms with Crippen LogP contribution in [0.1, 0.15) is 43.4 Å². The standard InChI is InChI=1S/C33H30BrF3N6O3S/c1-19(2)26-13-8-20(3)14-28(26)43-29(44)17-47-32(43)40-31(45)39-21(4)27(34)16-22-6-5-7-23(15-22)30-38-18-42(41-30)24-9-11-25(12-10-24)46-33(35,36)37/h5-16,18-19,21H,17H2,1-4H3,(H,39,45)/b27-16+,40-32?. The van der Waals surface area contributed by atoms with E-state index in [2.05, 4.69) is 54.9 Å². The number of benzene rings is 3. The summed E-state index contributed by atoms with van der Waals surface area (Å²) in [6, 6.07) is 17.6. The fourth-order valence-corrected chi connectivity index (χ4v) is 6.00. The number of carbonyl (C=O) groups excluding carboxylic acids is 2. The van der Waals surface area contributed by atoms with E-state index < -0.39 is 18.4 Å². The maximum absolute atomic E-state index is 13.0. The minimum Gasteiger partial charge on any atom is -0.406 e. The molecule has 1 unspecified atom stereocenters. The van der Waals surface area contributed by atoms with Gasteiger partial charge in [-0.3, -0.25) is 9.69 Å². The van der Waals surface area contributed by atoms with Crippen LogP contribution in [-0.2, 0) is 4.79 Å². The Labute approximate surface area is 282 Å². The minimum atomic E-state index is -4.77. The third-order valence-electron chi connectivity index (χ3n) is 7.04. The average Bonchev–Trinajstić information content (AvgIpc) is 3.63. The number of thioether (sulfide) groups is 1. The molecule has 9 nitrogen and oxygen atoms in total. The summed E-state index contributed by atoms with van der Waals surface area (Å²) in [6.45, 7) is 7.87. The van der Waals surface area contributed by atoms with Gasteiger partial charge in [0.25, 0.3) is 0 Å². The molecular weight excluding hydrogens is 697 g/mol. The van der Waals surface area contributed by atoms with Crippen LogP contribution in [0.15, 0.2) is 82.5 Å². The van der Waals surface area contributed by atoms with E-state index >= 15 is 0 Å². The Bertz CT molecular complexity index is 1860. The van der Waals surface area contributed by atoms with Crippen molar-refractivity contribution in [2.24, 2.45) is 4.99 Å². The number of nitrogens with zero attached hydrogens (tertiary/aromatic N) is 5. The molecule has 47 heavy (non-hydrogen) atoms. The maximum atomic E-state index is 13.0. The van der Waals surface area contributed by atoms with Crippen LogP contribution in [0.25, 0.3) is 23.2 Å². The highest BCUT2D eigenvalue weighted by molar-refractivity contribution is 9.11. The number of rotatable bonds is 8. The average molecular weight is 728 g/mol. The monoisotopic (exact) mass is 726 g/mol. The van der Waals surface area contributed by atoms with Crippen LogP contribution < -0.4 is 15.0 Å². The number of anilines is 1. The molecule has 1 atom stereocenters. The number of aliphatic imine (C=N–C) groups is 1. The van der Waals surface area contributed by atoms with Crippen LogP contribution >= 0.6 is 27.7 Å². The summed E-state index contributed by atoms with van der Waals surface area (Å²) in [7, 11) is 0. The SMILES string of the molecule is Cc1ccc(C(C)C)c(N2C(=O)CSC2=NC(=O)NC(C)/C(Br)=C\c2cccc(-c3ncn(-c4ccc(OC(F)(F)F)cc4)n3)c2)c1. The second-order valence-corrected chi connectivity index (χ2v) is 12.9. The predicted octanol–water partition coefficient (Wildman–Crippen LogP) is 8.23. The number of aryl methyl sites for hydroxylation is 1. The van der Waals surface area contributed by atoms with Crippen LogP contribution in [0, 0.1) is 6.92 Å². The van der Waals surface area contributed by atoms with Gasteiger partial charge < -0.3 is 10.1 Å². The van der Waals surface area contributed by atoms with Crippen LogP contribution in [0.5, 0.6) is 5.75 Å². The Morgan fingerprint density at radius 3 is 2.55 bits per heavy atom. The third kappa shape index (κ3) is 8.49. The smallest absolute Gasteiger partial charge is 0.406 e. The Hall–Kier alpha value is -4.43. The Morgan fingerprint density at radius 2 is 1.85 bits per heavy atom. The Kier molecular flexibility index (Phi) is 10.2. The van der Waals surface area contributed by atoms with Gasteiger partial charge in [-0.15, -0.1) is 18.3 Å². The number of amides is 3. The molecule has 0 radical (unpaired) electrons. The summed E-state index contributed by atoms with van der Waals surface area (Å²) < 4.78 is 43.5. The van der Waals surface area contributed by atoms with Crippen molar-refractivity contribution in [1.82, 2.24) is 20.1 Å². The molecule has 1 aliphatic heterocycles. The van der Waals surface area contributed by atoms with Crippen molar-refractivity contribution in [2.45, 2.75) is 46.0 Å². The zero-order valence-electron chi connectivity index (χ0n) is 25.7. The number of hydrogen-bond acceptors (Lipinski definition) is 6. The normalized spacial score (nSPS) is 15.4. The van der Waals surface area contributed by atoms with Crippen molar-refractivity contribution < 1.29 is 27.5 Å². The molecule has 14 heteroatoms. The molecular formula is C33H30BrF3N6O3S. The van der Waals surface area contributed by atoms with Gasteiger partial charge >= 0.3 is 12.4 Å². The molecule has 3 aromatic carbocycles. The molecule has 244 valence electrons. The zero-order chi connectivity index (χ0) is 33.9. The van der Waals surface area contributed by atoms with Crippen LogP contribution in [0.3, 0.4) is 0 Å². The molecule has 1 saturated heterocycles. The van der Waals surface area contributed by atoms with E-state index in [1.165, 1.54) is 51.9 Å². The van der Waals surface area contributed by atoms with Crippen molar-refractivity contribution in [3.63, 3.8) is 0 Å². The van der Waals surface area contributed by atoms with Gasteiger partial charge in [0.1, 0.15) is 12.1 Å². The Balaban J connectivity index is 1.27. The summed E-state index contributed by atoms with van der Waals surface area (Å²) in [4.78, 5) is 36.0. The highest BCUT2D eigenvalue weighted by Crippen LogP contribution is 2.34. The molecule has 3 amide bonds. The number of amidine groups is 1. The quantitative estimate of drug-likeness (QED) is 0.196. The van der Waals surface area contributed by atoms with Crippen molar-refractivity contribution in [2.75, 3.05) is 10.7 Å². The number of nitrogens with one attached hydrogen (secondary N) is 1. The first-order chi connectivity index (χ1) is 22.3. The number of aromatic nitrogens is 3. The lowest BCUT2D eigenvalue weighted by Gasteiger charge is -2.22. The number of ether oxygens (including phenoxy) is 1. The highest BCUT2D eigenvalue weighted by atomic mass is 79.9. The van der Waals surface area contributed by atoms with Crippen molar-refractivity contribution in [3.05, 3.63) is 94.2 Å². The predicted molar refractivity (Wildman–Crippen MR) is 181 cm³/mol. The number of urea groups is 1. The molecule has 1 aromatic heterocycles. The van der Waals surface area contributed by atoms with E-state index in [-0.39, 0.29) is 23.3 Å². The van der Waals surface area contributed by atoms with Crippen molar-refractivity contribution in [3.8, 4) is 22.8 Å². The number of halogens is 4. The lowest BCUT2D eigenvalue weighted by atomic mass is 9.99. The van der Waals surface area contributed by atoms with E-state index in [9.17, 15) is 22.8 Å². The Morgan fingerprint density at radius 1 is 1.11 bits per heavy atom. The molecule has 1 fully saturated rings. The van der Waals surface area contributed by atoms with Gasteiger partial charge in [-0.1, -0.05) is 71.9 Å². The summed E-state index contributed by atoms with van der Waals surface area (Å²) in [6.07, 6.45) is -1.46. The maximum Gasteiger partial charge on any atom is 0.573 e. The van der Waals surface area contributed by atoms with E-state index in [1.54, 1.807) is 6.92 Å². The van der Waals surface area contributed by atoms with Gasteiger partial charge in [0, 0.05) is 10.0 Å². The summed E-state index contributed by atoms with van der Waals surface area (Å²) >= 11 is 4.79. The van der Waals surface area contributed by atoms with Crippen molar-refractivity contribution in [1.29, 1.82) is 0 Å². The molecule has 4 aromatic rings. The van der Waals surface area contributed by atoms with Crippen LogP contribution in [-0.4, -0.2) is 50.0 Å². The second kappa shape index (κ2) is 14.1. The van der Waals surface area contributed by atoms with E-state index in [0.717, 1.165) is 22.4 Å². The van der Waals surface area contributed by atoms with Gasteiger partial charge in [0.15, 0.2) is 11.0 Å². The largest absolute Gasteiger partial charge is 0.573 e. The van der Waals surface area contributed by atoms with Gasteiger partial charge in [-0.25, -0.2) is 14.5 Å². The molecule has 1 aliphatic rings. The van der Waals surface area contributed by atoms with E-state index in [0.29, 0.717) is 26.7 Å². The minimum absolute atomic E-state index is 0.129. The molecule has 0 saturated carbocycles. The zero-order valence-corrected chi connectivity index (χ0v) is 28.2. The molecule has 0 spiro atoms. The molecule has 5 rings (SSSR count). The second-order valence-electron chi connectivity index (χ2n) is 11.0. The van der Waals surface area contributed by atoms with E-state index in [4.69, 9.17) is 0 Å². The summed E-state index contributed by atoms with van der Waals surface area (Å²) in [5.41, 5.74) is 4.75. The number of carbonyl (C=O) groups is 2. The molecule has 0 aliphatic carbocycles. The van der Waals surface area contributed by atoms with Crippen molar-refractivity contribution >= 4 is 56.6 Å². The first-order valence-corrected chi connectivity index (χ1v) is 16.3. The van der Waals surface area contributed by atoms with E-state index in [1.807, 2.05) is 55.5 Å². The first kappa shape index (κ1) is 33.9. The fourth-order valence-electron chi connectivity index (χ4n) is 4.76. The van der Waals surface area contributed by atoms with Gasteiger partial charge in [0.2, 0.25) is 5.91 Å². The van der Waals surface area contributed by atoms with Crippen LogP contribution in [0.2, 0.25) is 0 Å². The first-order valence-electron chi connectivity index (χ1n) is 14.5. The van der Waals surface area contributed by atoms with Gasteiger partial charge in [-0.05, 0) is 78.9 Å². The lowest BCUT2D eigenvalue weighted by molar-refractivity contribution is -0.274. The highest BCUT2D eigenvalue weighted by Gasteiger charge is 2.33. The fraction of sp³-hybridized carbons (Fsp3) is 0.242. The third-order valence-corrected chi connectivity index (χ3v) is 8.88. The number of hydrogen-bond donors (Lipinski definition) is 1. The topological polar surface area (TPSA) is 102 Å². The number of alkyl halides is 3. The van der Waals surface area contributed by atoms with Gasteiger partial charge in [0.05, 0.1) is 23.2 Å². The molecule has 2 heterocycles. The molecule has 0 bridgehead atoms. The summed E-state index contributed by atoms with van der Waals surface area (Å²) in [5.74, 6) is 0.320. The summed E-state index contributed by atoms with van der Waals surface area (Å²) in [5, 5.41) is 7.65. The van der Waals surface area contributed by atoms with Crippen LogP contribution in [0.4, 0.5) is 23.7 Å².